The number of H-pyrrole nitrogens is 2. The molecule has 2 aliphatic carbocycles. The maximum atomic E-state index is 12.1. The number of aryl methyl sites for hydroxylation is 2. The minimum absolute atomic E-state index is 0.0798. The first-order valence-corrected chi connectivity index (χ1v) is 17.4. The molecular weight excluding hydrogens is 665 g/mol. The maximum Gasteiger partial charge on any atom is 0.223 e. The topological polar surface area (TPSA) is 188 Å². The van der Waals surface area contributed by atoms with E-state index in [-0.39, 0.29) is 29.7 Å². The lowest BCUT2D eigenvalue weighted by Crippen LogP contribution is -2.41. The van der Waals surface area contributed by atoms with Crippen molar-refractivity contribution in [1.82, 2.24) is 40.3 Å². The van der Waals surface area contributed by atoms with Crippen LogP contribution in [0.3, 0.4) is 0 Å². The van der Waals surface area contributed by atoms with E-state index >= 15 is 0 Å². The molecule has 13 heteroatoms. The van der Waals surface area contributed by atoms with Crippen molar-refractivity contribution < 1.29 is 4.79 Å². The van der Waals surface area contributed by atoms with Crippen molar-refractivity contribution in [2.75, 3.05) is 16.0 Å². The van der Waals surface area contributed by atoms with Gasteiger partial charge in [0.2, 0.25) is 5.91 Å². The van der Waals surface area contributed by atoms with E-state index in [1.807, 2.05) is 123 Å². The van der Waals surface area contributed by atoms with Crippen LogP contribution in [0.15, 0.2) is 103 Å². The third-order valence-corrected chi connectivity index (χ3v) is 8.89. The van der Waals surface area contributed by atoms with Gasteiger partial charge in [-0.1, -0.05) is 85.0 Å². The molecular formula is C40H40N12O. The van der Waals surface area contributed by atoms with Gasteiger partial charge in [-0.3, -0.25) is 15.0 Å². The van der Waals surface area contributed by atoms with Gasteiger partial charge in [0.15, 0.2) is 23.3 Å². The second-order valence-corrected chi connectivity index (χ2v) is 13.0. The third kappa shape index (κ3) is 9.08. The van der Waals surface area contributed by atoms with Crippen LogP contribution in [0, 0.1) is 31.6 Å². The van der Waals surface area contributed by atoms with Crippen LogP contribution in [0.2, 0.25) is 0 Å². The fourth-order valence-corrected chi connectivity index (χ4v) is 6.48. The Bertz CT molecular complexity index is 2240. The van der Waals surface area contributed by atoms with Crippen molar-refractivity contribution in [3.63, 3.8) is 0 Å². The molecule has 1 saturated carbocycles. The molecule has 2 aliphatic rings. The number of amides is 1. The number of carbonyl (C=O) groups is 1. The number of rotatable bonds is 11. The number of allylic oxidation sites excluding steroid dienone is 1. The summed E-state index contributed by atoms with van der Waals surface area (Å²) in [5, 5.41) is 24.0. The predicted molar refractivity (Wildman–Crippen MR) is 209 cm³/mol. The highest BCUT2D eigenvalue weighted by atomic mass is 16.1. The van der Waals surface area contributed by atoms with Gasteiger partial charge in [0.1, 0.15) is 17.5 Å². The number of hydrogen-bond donors (Lipinski definition) is 6. The smallest absolute Gasteiger partial charge is 0.223 e. The molecule has 0 radical (unpaired) electrons. The number of primary amides is 1. The Labute approximate surface area is 307 Å². The standard InChI is InChI=1S/C24H25N7O.C16H15N5/c1-14-11-21(31-30-14)28-19-13-20(27-18(26-19)10-7-15-5-3-2-4-6-15)29-23-17-9-8-16(12-17)22(23)24(25)32;1-12-11-16(21-20-12)19-15-9-10-17-14(18-15)8-7-13-5-3-2-4-6-13/h2-11,13,16-17,22-23H,12H2,1H3,(H2,25,32)(H3,26,27,28,29,30,31);2-11H,1H3,(H2,17,18,19,20,21)/b10-7+;8-7+. The molecule has 0 saturated heterocycles. The predicted octanol–water partition coefficient (Wildman–Crippen LogP) is 6.93. The van der Waals surface area contributed by atoms with Gasteiger partial charge < -0.3 is 21.7 Å². The van der Waals surface area contributed by atoms with Crippen LogP contribution in [0.1, 0.15) is 40.6 Å². The summed E-state index contributed by atoms with van der Waals surface area (Å²) in [6, 6.07) is 27.4. The van der Waals surface area contributed by atoms with Crippen molar-refractivity contribution in [1.29, 1.82) is 0 Å². The Balaban J connectivity index is 0.000000179. The number of aromatic amines is 2. The number of aromatic nitrogens is 8. The van der Waals surface area contributed by atoms with E-state index in [1.54, 1.807) is 6.20 Å². The Morgan fingerprint density at radius 1 is 0.679 bits per heavy atom. The van der Waals surface area contributed by atoms with E-state index in [1.165, 1.54) is 0 Å². The number of carbonyl (C=O) groups excluding carboxylic acids is 1. The van der Waals surface area contributed by atoms with Crippen molar-refractivity contribution in [3.8, 4) is 0 Å². The fourth-order valence-electron chi connectivity index (χ4n) is 6.48. The van der Waals surface area contributed by atoms with Crippen LogP contribution in [-0.4, -0.2) is 52.3 Å². The van der Waals surface area contributed by atoms with Gasteiger partial charge in [-0.2, -0.15) is 10.2 Å². The molecule has 1 fully saturated rings. The molecule has 4 heterocycles. The Kier molecular flexibility index (Phi) is 10.4. The highest BCUT2D eigenvalue weighted by Gasteiger charge is 2.47. The summed E-state index contributed by atoms with van der Waals surface area (Å²) in [4.78, 5) is 30.1. The highest BCUT2D eigenvalue weighted by Crippen LogP contribution is 2.44. The van der Waals surface area contributed by atoms with Crippen LogP contribution < -0.4 is 21.7 Å². The number of nitrogens with zero attached hydrogens (tertiary/aromatic N) is 6. The van der Waals surface area contributed by atoms with Gasteiger partial charge in [0.25, 0.3) is 0 Å². The SMILES string of the molecule is Cc1cc(Nc2cc(NC3C4C=CC(C4)C3C(N)=O)nc(/C=C/c3ccccc3)n2)n[nH]1.Cc1cc(Nc2ccnc(/C=C/c3ccccc3)n2)n[nH]1. The van der Waals surface area contributed by atoms with Gasteiger partial charge in [-0.25, -0.2) is 19.9 Å². The molecule has 53 heavy (non-hydrogen) atoms. The zero-order chi connectivity index (χ0) is 36.6. The fraction of sp³-hybridized carbons (Fsp3) is 0.175. The third-order valence-electron chi connectivity index (χ3n) is 8.89. The minimum atomic E-state index is -0.275. The lowest BCUT2D eigenvalue weighted by molar-refractivity contribution is -0.122. The molecule has 13 nitrogen and oxygen atoms in total. The van der Waals surface area contributed by atoms with E-state index < -0.39 is 0 Å². The normalized spacial score (nSPS) is 18.6. The first kappa shape index (κ1) is 34.6. The maximum absolute atomic E-state index is 12.1. The molecule has 0 aliphatic heterocycles. The molecule has 0 spiro atoms. The molecule has 4 unspecified atom stereocenters. The molecule has 2 bridgehead atoms. The molecule has 7 N–H and O–H groups in total. The van der Waals surface area contributed by atoms with Crippen LogP contribution in [0.25, 0.3) is 24.3 Å². The average Bonchev–Trinajstić information content (AvgIpc) is 3.97. The molecule has 2 aromatic carbocycles. The van der Waals surface area contributed by atoms with Crippen LogP contribution in [0.5, 0.6) is 0 Å². The summed E-state index contributed by atoms with van der Waals surface area (Å²) >= 11 is 0. The van der Waals surface area contributed by atoms with E-state index in [4.69, 9.17) is 5.73 Å². The molecule has 4 atom stereocenters. The van der Waals surface area contributed by atoms with Crippen molar-refractivity contribution in [2.45, 2.75) is 26.3 Å². The number of hydrogen-bond acceptors (Lipinski definition) is 10. The van der Waals surface area contributed by atoms with Gasteiger partial charge in [0.05, 0.1) is 5.92 Å². The van der Waals surface area contributed by atoms with E-state index in [0.29, 0.717) is 34.9 Å². The van der Waals surface area contributed by atoms with Crippen LogP contribution in [-0.2, 0) is 4.79 Å². The van der Waals surface area contributed by atoms with Gasteiger partial charge in [-0.15, -0.1) is 0 Å². The molecule has 266 valence electrons. The highest BCUT2D eigenvalue weighted by molar-refractivity contribution is 5.80. The van der Waals surface area contributed by atoms with Gasteiger partial charge in [0, 0.05) is 41.8 Å². The van der Waals surface area contributed by atoms with Crippen molar-refractivity contribution >= 4 is 59.3 Å². The second kappa shape index (κ2) is 16.0. The summed E-state index contributed by atoms with van der Waals surface area (Å²) in [6.07, 6.45) is 14.6. The number of nitrogens with two attached hydrogens (primary N) is 1. The van der Waals surface area contributed by atoms with Crippen LogP contribution in [0.4, 0.5) is 29.1 Å². The van der Waals surface area contributed by atoms with E-state index in [2.05, 4.69) is 68.4 Å². The molecule has 4 aromatic heterocycles. The average molecular weight is 705 g/mol. The zero-order valence-corrected chi connectivity index (χ0v) is 29.3. The Morgan fingerprint density at radius 3 is 1.85 bits per heavy atom. The summed E-state index contributed by atoms with van der Waals surface area (Å²) in [5.74, 6) is 4.50. The number of benzene rings is 2. The summed E-state index contributed by atoms with van der Waals surface area (Å²) < 4.78 is 0. The second-order valence-electron chi connectivity index (χ2n) is 13.0. The quantitative estimate of drug-likeness (QED) is 0.0772. The lowest BCUT2D eigenvalue weighted by Gasteiger charge is -2.27. The minimum Gasteiger partial charge on any atom is -0.369 e. The summed E-state index contributed by atoms with van der Waals surface area (Å²) in [6.45, 7) is 3.89. The monoisotopic (exact) mass is 704 g/mol. The zero-order valence-electron chi connectivity index (χ0n) is 29.3. The number of nitrogens with one attached hydrogen (secondary N) is 5. The van der Waals surface area contributed by atoms with Gasteiger partial charge in [-0.05, 0) is 61.4 Å². The molecule has 8 rings (SSSR count). The Morgan fingerprint density at radius 2 is 1.25 bits per heavy atom. The van der Waals surface area contributed by atoms with E-state index in [0.717, 1.165) is 34.8 Å². The number of anilines is 5. The van der Waals surface area contributed by atoms with Crippen molar-refractivity contribution in [2.24, 2.45) is 23.5 Å². The van der Waals surface area contributed by atoms with Crippen molar-refractivity contribution in [3.05, 3.63) is 137 Å². The summed E-state index contributed by atoms with van der Waals surface area (Å²) in [5.41, 5.74) is 9.83. The first-order valence-electron chi connectivity index (χ1n) is 17.4. The van der Waals surface area contributed by atoms with Crippen LogP contribution >= 0.6 is 0 Å². The van der Waals surface area contributed by atoms with Gasteiger partial charge >= 0.3 is 0 Å². The first-order chi connectivity index (χ1) is 25.8. The number of fused-ring (bicyclic) bond motifs is 2. The molecule has 6 aromatic rings. The summed E-state index contributed by atoms with van der Waals surface area (Å²) in [7, 11) is 0. The largest absolute Gasteiger partial charge is 0.369 e. The lowest BCUT2D eigenvalue weighted by atomic mass is 9.88. The molecule has 1 amide bonds. The van der Waals surface area contributed by atoms with E-state index in [9.17, 15) is 4.79 Å². The Hall–Kier alpha value is -6.89.